The zero-order valence-electron chi connectivity index (χ0n) is 7.66. The van der Waals surface area contributed by atoms with Gasteiger partial charge < -0.3 is 5.11 Å². The van der Waals surface area contributed by atoms with Gasteiger partial charge in [0.15, 0.2) is 5.78 Å². The number of benzene rings is 1. The molecule has 76 valence electrons. The second kappa shape index (κ2) is 3.78. The lowest BCUT2D eigenvalue weighted by Crippen LogP contribution is -1.99. The van der Waals surface area contributed by atoms with Crippen molar-refractivity contribution in [3.63, 3.8) is 0 Å². The molecule has 0 saturated heterocycles. The normalized spacial score (nSPS) is 10.2. The number of hydrogen-bond acceptors (Lipinski definition) is 4. The van der Waals surface area contributed by atoms with Crippen molar-refractivity contribution in [1.82, 2.24) is 9.19 Å². The van der Waals surface area contributed by atoms with Gasteiger partial charge in [-0.1, -0.05) is 30.3 Å². The highest BCUT2D eigenvalue weighted by Crippen LogP contribution is 2.20. The number of rotatable bonds is 2. The van der Waals surface area contributed by atoms with Gasteiger partial charge in [-0.25, -0.2) is 0 Å². The minimum Gasteiger partial charge on any atom is -0.492 e. The first-order valence-electron chi connectivity index (χ1n) is 4.26. The van der Waals surface area contributed by atoms with Crippen LogP contribution in [0.15, 0.2) is 36.5 Å². The molecule has 0 spiro atoms. The maximum Gasteiger partial charge on any atom is 0.231 e. The van der Waals surface area contributed by atoms with E-state index < -0.39 is 0 Å². The molecule has 0 aliphatic carbocycles. The third kappa shape index (κ3) is 1.73. The molecule has 0 saturated carbocycles. The summed E-state index contributed by atoms with van der Waals surface area (Å²) < 4.78 is 0.955. The molecule has 1 aromatic heterocycles. The van der Waals surface area contributed by atoms with E-state index in [0.717, 1.165) is 4.09 Å². The quantitative estimate of drug-likeness (QED) is 0.596. The van der Waals surface area contributed by atoms with E-state index in [1.807, 2.05) is 6.07 Å². The molecule has 0 aliphatic heterocycles. The fourth-order valence-corrected chi connectivity index (χ4v) is 1.40. The summed E-state index contributed by atoms with van der Waals surface area (Å²) in [6.07, 6.45) is 1.29. The number of nitrogens with zero attached hydrogens (tertiary/aromatic N) is 2. The van der Waals surface area contributed by atoms with E-state index >= 15 is 0 Å². The number of thiol groups is 1. The molecule has 0 amide bonds. The number of carbonyl (C=O) groups is 1. The Morgan fingerprint density at radius 2 is 2.00 bits per heavy atom. The smallest absolute Gasteiger partial charge is 0.231 e. The topological polar surface area (TPSA) is 55.1 Å². The van der Waals surface area contributed by atoms with Crippen LogP contribution in [0.2, 0.25) is 0 Å². The molecule has 0 radical (unpaired) electrons. The van der Waals surface area contributed by atoms with Crippen molar-refractivity contribution in [2.24, 2.45) is 0 Å². The maximum atomic E-state index is 11.8. The number of ketones is 1. The Bertz CT molecular complexity index is 493. The summed E-state index contributed by atoms with van der Waals surface area (Å²) in [7, 11) is 0. The van der Waals surface area contributed by atoms with Gasteiger partial charge in [0.2, 0.25) is 5.88 Å². The SMILES string of the molecule is O=C(c1ccccc1)c1cnn(S)c1O. The van der Waals surface area contributed by atoms with Crippen LogP contribution in [0.3, 0.4) is 0 Å². The average Bonchev–Trinajstić information content (AvgIpc) is 2.60. The minimum atomic E-state index is -0.270. The molecule has 4 nitrogen and oxygen atoms in total. The second-order valence-electron chi connectivity index (χ2n) is 2.97. The lowest BCUT2D eigenvalue weighted by Gasteiger charge is -1.98. The Kier molecular flexibility index (Phi) is 2.47. The van der Waals surface area contributed by atoms with Crippen LogP contribution >= 0.6 is 12.8 Å². The highest BCUT2D eigenvalue weighted by atomic mass is 32.1. The summed E-state index contributed by atoms with van der Waals surface area (Å²) in [5, 5.41) is 13.1. The first-order valence-corrected chi connectivity index (χ1v) is 4.66. The highest BCUT2D eigenvalue weighted by molar-refractivity contribution is 7.78. The molecule has 0 bridgehead atoms. The Morgan fingerprint density at radius 1 is 1.33 bits per heavy atom. The fraction of sp³-hybridized carbons (Fsp3) is 0. The van der Waals surface area contributed by atoms with Crippen molar-refractivity contribution in [2.75, 3.05) is 0 Å². The lowest BCUT2D eigenvalue weighted by molar-refractivity contribution is 0.103. The average molecular weight is 220 g/mol. The van der Waals surface area contributed by atoms with Crippen molar-refractivity contribution >= 4 is 18.6 Å². The van der Waals surface area contributed by atoms with E-state index in [4.69, 9.17) is 0 Å². The van der Waals surface area contributed by atoms with Crippen molar-refractivity contribution in [2.45, 2.75) is 0 Å². The van der Waals surface area contributed by atoms with Crippen LogP contribution in [0.1, 0.15) is 15.9 Å². The molecule has 0 unspecified atom stereocenters. The van der Waals surface area contributed by atoms with E-state index in [-0.39, 0.29) is 17.2 Å². The standard InChI is InChI=1S/C10H8N2O2S/c13-9(7-4-2-1-3-5-7)8-6-11-12(15)10(8)14/h1-6,14-15H. The largest absolute Gasteiger partial charge is 0.492 e. The molecular formula is C10H8N2O2S. The number of aromatic nitrogens is 2. The minimum absolute atomic E-state index is 0.149. The van der Waals surface area contributed by atoms with Crippen molar-refractivity contribution in [3.05, 3.63) is 47.7 Å². The van der Waals surface area contributed by atoms with E-state index in [1.54, 1.807) is 24.3 Å². The zero-order chi connectivity index (χ0) is 10.8. The molecular weight excluding hydrogens is 212 g/mol. The van der Waals surface area contributed by atoms with Gasteiger partial charge in [0.1, 0.15) is 5.56 Å². The molecule has 2 aromatic rings. The van der Waals surface area contributed by atoms with E-state index in [2.05, 4.69) is 17.9 Å². The molecule has 0 aliphatic rings. The van der Waals surface area contributed by atoms with Gasteiger partial charge in [-0.15, -0.1) is 0 Å². The first-order chi connectivity index (χ1) is 7.20. The van der Waals surface area contributed by atoms with Crippen molar-refractivity contribution in [3.8, 4) is 5.88 Å². The summed E-state index contributed by atoms with van der Waals surface area (Å²) in [6.45, 7) is 0. The second-order valence-corrected chi connectivity index (χ2v) is 3.35. The van der Waals surface area contributed by atoms with Crippen LogP contribution in [0, 0.1) is 0 Å². The lowest BCUT2D eigenvalue weighted by atomic mass is 10.1. The van der Waals surface area contributed by atoms with Gasteiger partial charge in [-0.2, -0.15) is 9.19 Å². The van der Waals surface area contributed by atoms with Crippen LogP contribution in [0.25, 0.3) is 0 Å². The molecule has 15 heavy (non-hydrogen) atoms. The van der Waals surface area contributed by atoms with Crippen molar-refractivity contribution < 1.29 is 9.90 Å². The molecule has 1 aromatic carbocycles. The maximum absolute atomic E-state index is 11.8. The predicted octanol–water partition coefficient (Wildman–Crippen LogP) is 1.51. The monoisotopic (exact) mass is 220 g/mol. The van der Waals surface area contributed by atoms with Crippen LogP contribution in [0.5, 0.6) is 5.88 Å². The molecule has 0 atom stereocenters. The van der Waals surface area contributed by atoms with Gasteiger partial charge in [-0.05, 0) is 12.8 Å². The summed E-state index contributed by atoms with van der Waals surface area (Å²) in [4.78, 5) is 11.8. The molecule has 1 heterocycles. The molecule has 0 fully saturated rings. The Balaban J connectivity index is 2.42. The van der Waals surface area contributed by atoms with Crippen molar-refractivity contribution in [1.29, 1.82) is 0 Å². The Hall–Kier alpha value is -1.75. The van der Waals surface area contributed by atoms with Gasteiger partial charge in [0.05, 0.1) is 6.20 Å². The predicted molar refractivity (Wildman–Crippen MR) is 58.2 cm³/mol. The van der Waals surface area contributed by atoms with Crippen LogP contribution in [-0.2, 0) is 0 Å². The molecule has 5 heteroatoms. The van der Waals surface area contributed by atoms with Crippen LogP contribution in [0.4, 0.5) is 0 Å². The van der Waals surface area contributed by atoms with E-state index in [1.165, 1.54) is 6.20 Å². The van der Waals surface area contributed by atoms with Crippen LogP contribution < -0.4 is 0 Å². The van der Waals surface area contributed by atoms with Gasteiger partial charge in [-0.3, -0.25) is 4.79 Å². The summed E-state index contributed by atoms with van der Waals surface area (Å²) in [5.41, 5.74) is 0.658. The number of aromatic hydroxyl groups is 1. The molecule has 1 N–H and O–H groups in total. The summed E-state index contributed by atoms with van der Waals surface area (Å²) >= 11 is 3.83. The van der Waals surface area contributed by atoms with E-state index in [0.29, 0.717) is 5.56 Å². The third-order valence-electron chi connectivity index (χ3n) is 2.01. The van der Waals surface area contributed by atoms with Gasteiger partial charge in [0, 0.05) is 5.56 Å². The molecule has 2 rings (SSSR count). The fourth-order valence-electron chi connectivity index (χ4n) is 1.24. The third-order valence-corrected chi connectivity index (χ3v) is 2.30. The Labute approximate surface area is 91.7 Å². The Morgan fingerprint density at radius 3 is 2.53 bits per heavy atom. The highest BCUT2D eigenvalue weighted by Gasteiger charge is 2.16. The zero-order valence-corrected chi connectivity index (χ0v) is 8.56. The number of hydrogen-bond donors (Lipinski definition) is 2. The summed E-state index contributed by atoms with van der Waals surface area (Å²) in [5.74, 6) is -0.513. The number of carbonyl (C=O) groups excluding carboxylic acids is 1. The van der Waals surface area contributed by atoms with Gasteiger partial charge >= 0.3 is 0 Å². The van der Waals surface area contributed by atoms with E-state index in [9.17, 15) is 9.90 Å². The first kappa shape index (κ1) is 9.79. The van der Waals surface area contributed by atoms with Crippen LogP contribution in [-0.4, -0.2) is 20.1 Å². The van der Waals surface area contributed by atoms with Gasteiger partial charge in [0.25, 0.3) is 0 Å². The summed E-state index contributed by atoms with van der Waals surface area (Å²) in [6, 6.07) is 8.69.